The van der Waals surface area contributed by atoms with Crippen LogP contribution < -0.4 is 5.32 Å². The molecular weight excluding hydrogens is 238 g/mol. The number of ether oxygens (including phenoxy) is 2. The molecule has 1 aliphatic rings. The molecule has 1 aliphatic heterocycles. The lowest BCUT2D eigenvalue weighted by molar-refractivity contribution is -0.154. The van der Waals surface area contributed by atoms with Gasteiger partial charge in [0.05, 0.1) is 12.0 Å². The molecule has 0 aromatic carbocycles. The number of rotatable bonds is 5. The topological polar surface area (TPSA) is 84.9 Å². The molecule has 1 rings (SSSR count). The van der Waals surface area contributed by atoms with Crippen LogP contribution in [0.15, 0.2) is 0 Å². The van der Waals surface area contributed by atoms with Gasteiger partial charge in [0, 0.05) is 19.8 Å². The van der Waals surface area contributed by atoms with Crippen molar-refractivity contribution in [1.82, 2.24) is 5.32 Å². The van der Waals surface area contributed by atoms with Gasteiger partial charge in [-0.2, -0.15) is 0 Å². The average Bonchev–Trinajstić information content (AvgIpc) is 2.34. The fourth-order valence-corrected chi connectivity index (χ4v) is 1.76. The smallest absolute Gasteiger partial charge is 0.407 e. The van der Waals surface area contributed by atoms with E-state index >= 15 is 0 Å². The summed E-state index contributed by atoms with van der Waals surface area (Å²) in [5.74, 6) is -0.637. The second-order valence-electron chi connectivity index (χ2n) is 5.04. The molecule has 1 amide bonds. The summed E-state index contributed by atoms with van der Waals surface area (Å²) in [6, 6.07) is 0. The summed E-state index contributed by atoms with van der Waals surface area (Å²) in [5.41, 5.74) is -0.922. The maximum absolute atomic E-state index is 11.4. The number of alkyl carbamates (subject to hydrolysis) is 1. The number of aliphatic carboxylic acids is 1. The molecule has 1 saturated heterocycles. The molecule has 104 valence electrons. The van der Waals surface area contributed by atoms with Gasteiger partial charge in [-0.3, -0.25) is 4.79 Å². The molecule has 2 N–H and O–H groups in total. The molecule has 0 aliphatic carbocycles. The lowest BCUT2D eigenvalue weighted by Crippen LogP contribution is -2.46. The molecule has 1 heterocycles. The Morgan fingerprint density at radius 3 is 2.50 bits per heavy atom. The number of nitrogens with one attached hydrogen (secondary N) is 1. The number of carboxylic acids is 1. The highest BCUT2D eigenvalue weighted by Crippen LogP contribution is 2.30. The number of carbonyl (C=O) groups is 2. The van der Waals surface area contributed by atoms with Crippen LogP contribution in [0.2, 0.25) is 0 Å². The van der Waals surface area contributed by atoms with Crippen molar-refractivity contribution in [2.75, 3.05) is 26.4 Å². The van der Waals surface area contributed by atoms with E-state index in [9.17, 15) is 14.7 Å². The van der Waals surface area contributed by atoms with E-state index in [1.165, 1.54) is 0 Å². The Hall–Kier alpha value is -1.30. The maximum atomic E-state index is 11.4. The van der Waals surface area contributed by atoms with E-state index in [0.717, 1.165) is 0 Å². The first-order chi connectivity index (χ1) is 8.46. The van der Waals surface area contributed by atoms with Gasteiger partial charge in [-0.15, -0.1) is 0 Å². The monoisotopic (exact) mass is 259 g/mol. The third-order valence-corrected chi connectivity index (χ3v) is 3.02. The molecule has 0 spiro atoms. The van der Waals surface area contributed by atoms with Gasteiger partial charge in [0.1, 0.15) is 0 Å². The maximum Gasteiger partial charge on any atom is 0.407 e. The Morgan fingerprint density at radius 1 is 1.39 bits per heavy atom. The number of carboxylic acid groups (broad SMARTS) is 1. The van der Waals surface area contributed by atoms with E-state index in [-0.39, 0.29) is 12.5 Å². The van der Waals surface area contributed by atoms with Crippen LogP contribution in [0.25, 0.3) is 0 Å². The summed E-state index contributed by atoms with van der Waals surface area (Å²) in [4.78, 5) is 22.7. The predicted octanol–water partition coefficient (Wildman–Crippen LogP) is 1.25. The highest BCUT2D eigenvalue weighted by Gasteiger charge is 2.40. The van der Waals surface area contributed by atoms with Gasteiger partial charge in [-0.05, 0) is 18.8 Å². The molecule has 0 aromatic heterocycles. The Morgan fingerprint density at radius 2 is 2.00 bits per heavy atom. The Balaban J connectivity index is 2.42. The third-order valence-electron chi connectivity index (χ3n) is 3.02. The van der Waals surface area contributed by atoms with Gasteiger partial charge in [0.2, 0.25) is 0 Å². The zero-order valence-electron chi connectivity index (χ0n) is 10.9. The third kappa shape index (κ3) is 4.18. The van der Waals surface area contributed by atoms with Crippen molar-refractivity contribution in [3.05, 3.63) is 0 Å². The first kappa shape index (κ1) is 14.8. The standard InChI is InChI=1S/C12H21NO5/c1-9(2)7-18-11(16)13-8-12(10(14)15)3-5-17-6-4-12/h9H,3-8H2,1-2H3,(H,13,16)(H,14,15). The molecule has 0 aromatic rings. The lowest BCUT2D eigenvalue weighted by Gasteiger charge is -2.32. The van der Waals surface area contributed by atoms with Gasteiger partial charge >= 0.3 is 12.1 Å². The normalized spacial score (nSPS) is 18.4. The highest BCUT2D eigenvalue weighted by molar-refractivity contribution is 5.76. The first-order valence-corrected chi connectivity index (χ1v) is 6.18. The van der Waals surface area contributed by atoms with Crippen molar-refractivity contribution >= 4 is 12.1 Å². The second kappa shape index (κ2) is 6.58. The van der Waals surface area contributed by atoms with Gasteiger partial charge in [-0.1, -0.05) is 13.8 Å². The summed E-state index contributed by atoms with van der Waals surface area (Å²) in [5, 5.41) is 11.8. The summed E-state index contributed by atoms with van der Waals surface area (Å²) in [6.07, 6.45) is 0.260. The van der Waals surface area contributed by atoms with Crippen LogP contribution in [-0.4, -0.2) is 43.5 Å². The quantitative estimate of drug-likeness (QED) is 0.776. The predicted molar refractivity (Wildman–Crippen MR) is 64.3 cm³/mol. The number of carbonyl (C=O) groups excluding carboxylic acids is 1. The number of amides is 1. The molecule has 1 fully saturated rings. The van der Waals surface area contributed by atoms with Crippen molar-refractivity contribution in [2.24, 2.45) is 11.3 Å². The molecule has 18 heavy (non-hydrogen) atoms. The van der Waals surface area contributed by atoms with Crippen molar-refractivity contribution in [3.63, 3.8) is 0 Å². The largest absolute Gasteiger partial charge is 0.481 e. The van der Waals surface area contributed by atoms with E-state index < -0.39 is 17.5 Å². The van der Waals surface area contributed by atoms with E-state index in [1.54, 1.807) is 0 Å². The van der Waals surface area contributed by atoms with Crippen molar-refractivity contribution in [3.8, 4) is 0 Å². The van der Waals surface area contributed by atoms with Crippen molar-refractivity contribution in [1.29, 1.82) is 0 Å². The minimum Gasteiger partial charge on any atom is -0.481 e. The van der Waals surface area contributed by atoms with Gasteiger partial charge in [-0.25, -0.2) is 4.79 Å². The molecule has 6 heteroatoms. The fourth-order valence-electron chi connectivity index (χ4n) is 1.76. The summed E-state index contributed by atoms with van der Waals surface area (Å²) in [7, 11) is 0. The minimum atomic E-state index is -0.922. The molecular formula is C12H21NO5. The molecule has 0 unspecified atom stereocenters. The highest BCUT2D eigenvalue weighted by atomic mass is 16.5. The molecule has 0 radical (unpaired) electrons. The van der Waals surface area contributed by atoms with Crippen LogP contribution >= 0.6 is 0 Å². The van der Waals surface area contributed by atoms with Crippen LogP contribution in [-0.2, 0) is 14.3 Å². The summed E-state index contributed by atoms with van der Waals surface area (Å²) < 4.78 is 10.1. The molecule has 6 nitrogen and oxygen atoms in total. The van der Waals surface area contributed by atoms with Crippen molar-refractivity contribution in [2.45, 2.75) is 26.7 Å². The Kier molecular flexibility index (Phi) is 5.40. The van der Waals surface area contributed by atoms with Crippen LogP contribution in [0.3, 0.4) is 0 Å². The van der Waals surface area contributed by atoms with E-state index in [4.69, 9.17) is 9.47 Å². The van der Waals surface area contributed by atoms with Gasteiger partial charge in [0.25, 0.3) is 0 Å². The summed E-state index contributed by atoms with van der Waals surface area (Å²) in [6.45, 7) is 5.11. The number of hydrogen-bond acceptors (Lipinski definition) is 4. The molecule has 0 bridgehead atoms. The zero-order valence-corrected chi connectivity index (χ0v) is 10.9. The summed E-state index contributed by atoms with van der Waals surface area (Å²) >= 11 is 0. The molecule has 0 atom stereocenters. The van der Waals surface area contributed by atoms with E-state index in [0.29, 0.717) is 32.7 Å². The fraction of sp³-hybridized carbons (Fsp3) is 0.833. The van der Waals surface area contributed by atoms with Crippen molar-refractivity contribution < 1.29 is 24.2 Å². The first-order valence-electron chi connectivity index (χ1n) is 6.18. The SMILES string of the molecule is CC(C)COC(=O)NCC1(C(=O)O)CCOCC1. The Bertz CT molecular complexity index is 297. The van der Waals surface area contributed by atoms with Gasteiger partial charge in [0.15, 0.2) is 0 Å². The minimum absolute atomic E-state index is 0.0859. The van der Waals surface area contributed by atoms with Crippen LogP contribution in [0, 0.1) is 11.3 Å². The zero-order chi connectivity index (χ0) is 13.6. The second-order valence-corrected chi connectivity index (χ2v) is 5.04. The van der Waals surface area contributed by atoms with Crippen LogP contribution in [0.1, 0.15) is 26.7 Å². The van der Waals surface area contributed by atoms with Crippen LogP contribution in [0.5, 0.6) is 0 Å². The molecule has 0 saturated carbocycles. The lowest BCUT2D eigenvalue weighted by atomic mass is 9.80. The van der Waals surface area contributed by atoms with Crippen LogP contribution in [0.4, 0.5) is 4.79 Å². The van der Waals surface area contributed by atoms with Gasteiger partial charge < -0.3 is 19.9 Å². The number of hydrogen-bond donors (Lipinski definition) is 2. The van der Waals surface area contributed by atoms with E-state index in [1.807, 2.05) is 13.8 Å². The van der Waals surface area contributed by atoms with E-state index in [2.05, 4.69) is 5.32 Å². The Labute approximate surface area is 107 Å². The average molecular weight is 259 g/mol.